The van der Waals surface area contributed by atoms with Crippen LogP contribution in [0.25, 0.3) is 0 Å². The number of hydrogen-bond acceptors (Lipinski definition) is 5. The number of nitrogens with zero attached hydrogens (tertiary/aromatic N) is 1. The van der Waals surface area contributed by atoms with Crippen molar-refractivity contribution in [1.82, 2.24) is 10.3 Å². The van der Waals surface area contributed by atoms with Crippen LogP contribution >= 0.6 is 0 Å². The van der Waals surface area contributed by atoms with Crippen molar-refractivity contribution in [3.8, 4) is 17.4 Å². The third-order valence-corrected chi connectivity index (χ3v) is 4.26. The summed E-state index contributed by atoms with van der Waals surface area (Å²) in [5.41, 5.74) is 6.10. The molecule has 1 aromatic heterocycles. The molecule has 1 aromatic carbocycles. The topological polar surface area (TPSA) is 86.5 Å². The normalized spacial score (nSPS) is 15.2. The molecule has 1 aliphatic rings. The quantitative estimate of drug-likeness (QED) is 0.850. The van der Waals surface area contributed by atoms with Crippen LogP contribution in [0, 0.1) is 0 Å². The van der Waals surface area contributed by atoms with Crippen molar-refractivity contribution in [2.24, 2.45) is 5.73 Å². The molecule has 0 radical (unpaired) electrons. The van der Waals surface area contributed by atoms with Gasteiger partial charge in [-0.25, -0.2) is 4.98 Å². The second-order valence-electron chi connectivity index (χ2n) is 5.91. The number of carbonyl (C=O) groups is 1. The van der Waals surface area contributed by atoms with Crippen LogP contribution in [-0.2, 0) is 11.3 Å². The van der Waals surface area contributed by atoms with Crippen LogP contribution in [0.3, 0.4) is 0 Å². The minimum atomic E-state index is -0.716. The van der Waals surface area contributed by atoms with Crippen LogP contribution in [0.2, 0.25) is 0 Å². The molecule has 1 heterocycles. The van der Waals surface area contributed by atoms with Gasteiger partial charge in [-0.3, -0.25) is 4.79 Å². The zero-order valence-electron chi connectivity index (χ0n) is 13.6. The van der Waals surface area contributed by atoms with E-state index in [9.17, 15) is 4.79 Å². The Bertz CT molecular complexity index is 729. The summed E-state index contributed by atoms with van der Waals surface area (Å²) in [6.45, 7) is 0.316. The molecule has 0 atom stereocenters. The Morgan fingerprint density at radius 1 is 1.25 bits per heavy atom. The Labute approximate surface area is 141 Å². The second kappa shape index (κ2) is 6.88. The van der Waals surface area contributed by atoms with Gasteiger partial charge in [0, 0.05) is 18.3 Å². The number of para-hydroxylation sites is 2. The maximum absolute atomic E-state index is 12.2. The van der Waals surface area contributed by atoms with Gasteiger partial charge in [-0.1, -0.05) is 18.2 Å². The third-order valence-electron chi connectivity index (χ3n) is 4.26. The molecule has 6 nitrogen and oxygen atoms in total. The van der Waals surface area contributed by atoms with Crippen LogP contribution in [0.4, 0.5) is 0 Å². The minimum absolute atomic E-state index is 0.124. The smallest absolute Gasteiger partial charge is 0.240 e. The van der Waals surface area contributed by atoms with E-state index in [-0.39, 0.29) is 5.91 Å². The molecule has 3 rings (SSSR count). The van der Waals surface area contributed by atoms with E-state index in [0.29, 0.717) is 23.9 Å². The van der Waals surface area contributed by atoms with Crippen molar-refractivity contribution in [2.75, 3.05) is 7.11 Å². The number of rotatable bonds is 6. The Morgan fingerprint density at radius 3 is 2.67 bits per heavy atom. The highest BCUT2D eigenvalue weighted by molar-refractivity contribution is 5.87. The van der Waals surface area contributed by atoms with Gasteiger partial charge < -0.3 is 20.5 Å². The summed E-state index contributed by atoms with van der Waals surface area (Å²) in [5, 5.41) is 2.88. The lowest BCUT2D eigenvalue weighted by Crippen LogP contribution is -2.58. The van der Waals surface area contributed by atoms with Crippen molar-refractivity contribution in [3.05, 3.63) is 48.2 Å². The lowest BCUT2D eigenvalue weighted by Gasteiger charge is -2.36. The molecule has 3 N–H and O–H groups in total. The summed E-state index contributed by atoms with van der Waals surface area (Å²) in [6, 6.07) is 11.0. The average Bonchev–Trinajstić information content (AvgIpc) is 2.59. The van der Waals surface area contributed by atoms with Crippen molar-refractivity contribution in [1.29, 1.82) is 0 Å². The standard InChI is InChI=1S/C18H21N3O3/c1-23-14-7-2-3-8-15(14)24-16-13(6-4-11-20-16)12-21-17(22)18(19)9-5-10-18/h2-4,6-8,11H,5,9-10,12,19H2,1H3,(H,21,22). The van der Waals surface area contributed by atoms with E-state index in [1.54, 1.807) is 25.4 Å². The molecule has 2 aromatic rings. The number of aromatic nitrogens is 1. The average molecular weight is 327 g/mol. The molecule has 1 fully saturated rings. The fourth-order valence-electron chi connectivity index (χ4n) is 2.59. The molecule has 0 unspecified atom stereocenters. The molecular weight excluding hydrogens is 306 g/mol. The number of nitrogens with one attached hydrogen (secondary N) is 1. The predicted octanol–water partition coefficient (Wildman–Crippen LogP) is 2.38. The van der Waals surface area contributed by atoms with Crippen molar-refractivity contribution >= 4 is 5.91 Å². The molecule has 126 valence electrons. The number of nitrogens with two attached hydrogens (primary N) is 1. The highest BCUT2D eigenvalue weighted by Gasteiger charge is 2.39. The van der Waals surface area contributed by atoms with Gasteiger partial charge in [0.05, 0.1) is 12.6 Å². The first kappa shape index (κ1) is 16.3. The number of carbonyl (C=O) groups excluding carboxylic acids is 1. The molecule has 6 heteroatoms. The first-order valence-electron chi connectivity index (χ1n) is 7.94. The van der Waals surface area contributed by atoms with Gasteiger partial charge >= 0.3 is 0 Å². The van der Waals surface area contributed by atoms with E-state index < -0.39 is 5.54 Å². The monoisotopic (exact) mass is 327 g/mol. The molecule has 1 amide bonds. The lowest BCUT2D eigenvalue weighted by molar-refractivity contribution is -0.129. The van der Waals surface area contributed by atoms with Crippen LogP contribution < -0.4 is 20.5 Å². The first-order valence-corrected chi connectivity index (χ1v) is 7.94. The minimum Gasteiger partial charge on any atom is -0.493 e. The van der Waals surface area contributed by atoms with Gasteiger partial charge in [0.2, 0.25) is 11.8 Å². The summed E-state index contributed by atoms with van der Waals surface area (Å²) < 4.78 is 11.2. The van der Waals surface area contributed by atoms with Gasteiger partial charge in [0.1, 0.15) is 0 Å². The number of amides is 1. The largest absolute Gasteiger partial charge is 0.493 e. The van der Waals surface area contributed by atoms with E-state index in [2.05, 4.69) is 10.3 Å². The summed E-state index contributed by atoms with van der Waals surface area (Å²) >= 11 is 0. The number of pyridine rings is 1. The molecule has 0 bridgehead atoms. The van der Waals surface area contributed by atoms with E-state index in [4.69, 9.17) is 15.2 Å². The summed E-state index contributed by atoms with van der Waals surface area (Å²) in [6.07, 6.45) is 4.11. The van der Waals surface area contributed by atoms with Crippen LogP contribution in [0.5, 0.6) is 17.4 Å². The predicted molar refractivity (Wildman–Crippen MR) is 89.9 cm³/mol. The van der Waals surface area contributed by atoms with Crippen molar-refractivity contribution < 1.29 is 14.3 Å². The maximum Gasteiger partial charge on any atom is 0.240 e. The first-order chi connectivity index (χ1) is 11.6. The van der Waals surface area contributed by atoms with Gasteiger partial charge in [0.25, 0.3) is 0 Å². The fraction of sp³-hybridized carbons (Fsp3) is 0.333. The second-order valence-corrected chi connectivity index (χ2v) is 5.91. The van der Waals surface area contributed by atoms with Gasteiger partial charge in [-0.15, -0.1) is 0 Å². The van der Waals surface area contributed by atoms with Crippen LogP contribution in [0.1, 0.15) is 24.8 Å². The van der Waals surface area contributed by atoms with Gasteiger partial charge in [0.15, 0.2) is 11.5 Å². The zero-order chi connectivity index (χ0) is 17.0. The Balaban J connectivity index is 1.72. The molecule has 0 saturated heterocycles. The Kier molecular flexibility index (Phi) is 4.66. The molecule has 0 spiro atoms. The number of hydrogen-bond donors (Lipinski definition) is 2. The van der Waals surface area contributed by atoms with Gasteiger partial charge in [-0.2, -0.15) is 0 Å². The van der Waals surface area contributed by atoms with Crippen LogP contribution in [-0.4, -0.2) is 23.5 Å². The number of benzene rings is 1. The van der Waals surface area contributed by atoms with E-state index in [0.717, 1.165) is 24.8 Å². The van der Waals surface area contributed by atoms with Crippen molar-refractivity contribution in [2.45, 2.75) is 31.3 Å². The molecular formula is C18H21N3O3. The number of ether oxygens (including phenoxy) is 2. The molecule has 1 aliphatic carbocycles. The molecule has 1 saturated carbocycles. The summed E-state index contributed by atoms with van der Waals surface area (Å²) in [7, 11) is 1.58. The molecule has 24 heavy (non-hydrogen) atoms. The highest BCUT2D eigenvalue weighted by atomic mass is 16.5. The van der Waals surface area contributed by atoms with Gasteiger partial charge in [-0.05, 0) is 37.5 Å². The van der Waals surface area contributed by atoms with E-state index in [1.165, 1.54) is 0 Å². The van der Waals surface area contributed by atoms with Crippen LogP contribution in [0.15, 0.2) is 42.6 Å². The SMILES string of the molecule is COc1ccccc1Oc1ncccc1CNC(=O)C1(N)CCC1. The van der Waals surface area contributed by atoms with Crippen molar-refractivity contribution in [3.63, 3.8) is 0 Å². The van der Waals surface area contributed by atoms with E-state index >= 15 is 0 Å². The Morgan fingerprint density at radius 2 is 2.00 bits per heavy atom. The number of methoxy groups -OCH3 is 1. The fourth-order valence-corrected chi connectivity index (χ4v) is 2.59. The lowest BCUT2D eigenvalue weighted by atomic mass is 9.77. The highest BCUT2D eigenvalue weighted by Crippen LogP contribution is 2.32. The summed E-state index contributed by atoms with van der Waals surface area (Å²) in [4.78, 5) is 16.4. The zero-order valence-corrected chi connectivity index (χ0v) is 13.6. The van der Waals surface area contributed by atoms with E-state index in [1.807, 2.05) is 24.3 Å². The Hall–Kier alpha value is -2.60. The molecule has 0 aliphatic heterocycles. The summed E-state index contributed by atoms with van der Waals surface area (Å²) in [5.74, 6) is 1.50. The third kappa shape index (κ3) is 3.33. The maximum atomic E-state index is 12.2.